The molecule has 1 N–H and O–H groups in total. The summed E-state index contributed by atoms with van der Waals surface area (Å²) in [5.41, 5.74) is 4.07. The largest absolute Gasteiger partial charge is 0.376 e. The second kappa shape index (κ2) is 5.79. The summed E-state index contributed by atoms with van der Waals surface area (Å²) in [5, 5.41) is 3.49. The molecule has 20 heavy (non-hydrogen) atoms. The molecule has 1 saturated heterocycles. The summed E-state index contributed by atoms with van der Waals surface area (Å²) >= 11 is 1.70. The Labute approximate surface area is 123 Å². The fourth-order valence-electron chi connectivity index (χ4n) is 2.65. The first-order chi connectivity index (χ1) is 9.74. The standard InChI is InChI=1S/C15H20N4S/c1-11-15(20-10-17-11)12(2)18-13-5-6-14(16-9-13)19-7-3-4-8-19/h5-6,9-10,12,18H,3-4,7-8H2,1-2H3. The number of hydrogen-bond acceptors (Lipinski definition) is 5. The highest BCUT2D eigenvalue weighted by Crippen LogP contribution is 2.26. The van der Waals surface area contributed by atoms with Gasteiger partial charge in [0.15, 0.2) is 0 Å². The van der Waals surface area contributed by atoms with Gasteiger partial charge < -0.3 is 10.2 Å². The minimum atomic E-state index is 0.266. The van der Waals surface area contributed by atoms with E-state index in [0.717, 1.165) is 30.3 Å². The van der Waals surface area contributed by atoms with Crippen LogP contribution in [0.15, 0.2) is 23.8 Å². The van der Waals surface area contributed by atoms with Crippen LogP contribution in [-0.4, -0.2) is 23.1 Å². The highest BCUT2D eigenvalue weighted by Gasteiger charge is 2.14. The van der Waals surface area contributed by atoms with Crippen LogP contribution >= 0.6 is 11.3 Å². The van der Waals surface area contributed by atoms with Crippen LogP contribution in [-0.2, 0) is 0 Å². The lowest BCUT2D eigenvalue weighted by Gasteiger charge is -2.18. The van der Waals surface area contributed by atoms with Gasteiger partial charge in [0.25, 0.3) is 0 Å². The van der Waals surface area contributed by atoms with E-state index in [4.69, 9.17) is 0 Å². The first kappa shape index (κ1) is 13.4. The van der Waals surface area contributed by atoms with Crippen LogP contribution in [0.3, 0.4) is 0 Å². The number of hydrogen-bond donors (Lipinski definition) is 1. The highest BCUT2D eigenvalue weighted by atomic mass is 32.1. The molecule has 0 saturated carbocycles. The van der Waals surface area contributed by atoms with Gasteiger partial charge >= 0.3 is 0 Å². The van der Waals surface area contributed by atoms with Crippen LogP contribution in [0.2, 0.25) is 0 Å². The Kier molecular flexibility index (Phi) is 3.87. The first-order valence-corrected chi connectivity index (χ1v) is 7.99. The number of nitrogens with zero attached hydrogens (tertiary/aromatic N) is 3. The molecule has 0 bridgehead atoms. The van der Waals surface area contributed by atoms with Gasteiger partial charge in [0.05, 0.1) is 29.1 Å². The summed E-state index contributed by atoms with van der Waals surface area (Å²) in [6.45, 7) is 6.49. The van der Waals surface area contributed by atoms with Gasteiger partial charge in [0, 0.05) is 18.0 Å². The van der Waals surface area contributed by atoms with Crippen LogP contribution in [0.4, 0.5) is 11.5 Å². The molecule has 0 amide bonds. The smallest absolute Gasteiger partial charge is 0.128 e. The molecule has 1 aliphatic heterocycles. The van der Waals surface area contributed by atoms with Crippen LogP contribution in [0.1, 0.15) is 36.4 Å². The third-order valence-electron chi connectivity index (χ3n) is 3.74. The number of thiazole rings is 1. The van der Waals surface area contributed by atoms with Crippen LogP contribution in [0.5, 0.6) is 0 Å². The maximum atomic E-state index is 4.57. The molecule has 106 valence electrons. The molecular formula is C15H20N4S. The van der Waals surface area contributed by atoms with Gasteiger partial charge in [0.1, 0.15) is 5.82 Å². The molecule has 0 spiro atoms. The maximum absolute atomic E-state index is 4.57. The van der Waals surface area contributed by atoms with Crippen molar-refractivity contribution in [1.82, 2.24) is 9.97 Å². The molecule has 0 radical (unpaired) electrons. The summed E-state index contributed by atoms with van der Waals surface area (Å²) in [6, 6.07) is 4.50. The Morgan fingerprint density at radius 3 is 2.65 bits per heavy atom. The predicted octanol–water partition coefficient (Wildman–Crippen LogP) is 3.62. The quantitative estimate of drug-likeness (QED) is 0.933. The van der Waals surface area contributed by atoms with Crippen molar-refractivity contribution in [2.75, 3.05) is 23.3 Å². The lowest BCUT2D eigenvalue weighted by molar-refractivity contribution is 0.885. The van der Waals surface area contributed by atoms with Gasteiger partial charge in [-0.25, -0.2) is 9.97 Å². The SMILES string of the molecule is Cc1ncsc1C(C)Nc1ccc(N2CCCC2)nc1. The van der Waals surface area contributed by atoms with Crippen LogP contribution in [0.25, 0.3) is 0 Å². The monoisotopic (exact) mass is 288 g/mol. The zero-order valence-electron chi connectivity index (χ0n) is 12.0. The van der Waals surface area contributed by atoms with E-state index in [1.165, 1.54) is 17.7 Å². The van der Waals surface area contributed by atoms with Crippen LogP contribution in [0, 0.1) is 6.92 Å². The molecule has 3 rings (SSSR count). The molecule has 3 heterocycles. The summed E-state index contributed by atoms with van der Waals surface area (Å²) in [6.07, 6.45) is 4.49. The lowest BCUT2D eigenvalue weighted by atomic mass is 10.2. The normalized spacial score (nSPS) is 16.4. The van der Waals surface area contributed by atoms with Crippen molar-refractivity contribution in [2.24, 2.45) is 0 Å². The van der Waals surface area contributed by atoms with Crippen molar-refractivity contribution in [3.63, 3.8) is 0 Å². The molecule has 1 aliphatic rings. The number of pyridine rings is 1. The van der Waals surface area contributed by atoms with Crippen molar-refractivity contribution >= 4 is 22.8 Å². The Morgan fingerprint density at radius 1 is 1.25 bits per heavy atom. The minimum absolute atomic E-state index is 0.266. The number of nitrogens with one attached hydrogen (secondary N) is 1. The van der Waals surface area contributed by atoms with E-state index in [-0.39, 0.29) is 6.04 Å². The van der Waals surface area contributed by atoms with Crippen molar-refractivity contribution in [3.05, 3.63) is 34.4 Å². The molecule has 0 aliphatic carbocycles. The van der Waals surface area contributed by atoms with Gasteiger partial charge in [-0.1, -0.05) is 0 Å². The van der Waals surface area contributed by atoms with Gasteiger partial charge in [-0.2, -0.15) is 0 Å². The Hall–Kier alpha value is -1.62. The average Bonchev–Trinajstić information content (AvgIpc) is 3.10. The molecule has 4 nitrogen and oxygen atoms in total. The van der Waals surface area contributed by atoms with Gasteiger partial charge in [-0.3, -0.25) is 0 Å². The predicted molar refractivity (Wildman–Crippen MR) is 84.6 cm³/mol. The molecule has 1 fully saturated rings. The van der Waals surface area contributed by atoms with Crippen molar-refractivity contribution in [1.29, 1.82) is 0 Å². The fourth-order valence-corrected chi connectivity index (χ4v) is 3.46. The average molecular weight is 288 g/mol. The summed E-state index contributed by atoms with van der Waals surface area (Å²) in [7, 11) is 0. The first-order valence-electron chi connectivity index (χ1n) is 7.11. The van der Waals surface area contributed by atoms with E-state index >= 15 is 0 Å². The molecule has 2 aromatic rings. The fraction of sp³-hybridized carbons (Fsp3) is 0.467. The lowest BCUT2D eigenvalue weighted by Crippen LogP contribution is -2.18. The number of aromatic nitrogens is 2. The molecular weight excluding hydrogens is 268 g/mol. The zero-order valence-corrected chi connectivity index (χ0v) is 12.8. The van der Waals surface area contributed by atoms with Gasteiger partial charge in [-0.15, -0.1) is 11.3 Å². The number of anilines is 2. The number of aryl methyl sites for hydroxylation is 1. The zero-order chi connectivity index (χ0) is 13.9. The van der Waals surface area contributed by atoms with E-state index in [2.05, 4.69) is 46.2 Å². The highest BCUT2D eigenvalue weighted by molar-refractivity contribution is 7.09. The maximum Gasteiger partial charge on any atom is 0.128 e. The van der Waals surface area contributed by atoms with E-state index in [9.17, 15) is 0 Å². The minimum Gasteiger partial charge on any atom is -0.376 e. The van der Waals surface area contributed by atoms with E-state index in [0.29, 0.717) is 0 Å². The van der Waals surface area contributed by atoms with E-state index in [1.54, 1.807) is 11.3 Å². The Bertz CT molecular complexity index is 558. The van der Waals surface area contributed by atoms with Crippen LogP contribution < -0.4 is 10.2 Å². The molecule has 1 atom stereocenters. The second-order valence-electron chi connectivity index (χ2n) is 5.27. The molecule has 2 aromatic heterocycles. The summed E-state index contributed by atoms with van der Waals surface area (Å²) in [5.74, 6) is 1.09. The third kappa shape index (κ3) is 2.77. The summed E-state index contributed by atoms with van der Waals surface area (Å²) < 4.78 is 0. The molecule has 1 unspecified atom stereocenters. The topological polar surface area (TPSA) is 41.1 Å². The van der Waals surface area contributed by atoms with Crippen molar-refractivity contribution in [2.45, 2.75) is 32.7 Å². The number of rotatable bonds is 4. The third-order valence-corrected chi connectivity index (χ3v) is 4.85. The van der Waals surface area contributed by atoms with E-state index < -0.39 is 0 Å². The van der Waals surface area contributed by atoms with Crippen molar-refractivity contribution in [3.8, 4) is 0 Å². The van der Waals surface area contributed by atoms with E-state index in [1.807, 2.05) is 11.7 Å². The Balaban J connectivity index is 1.67. The Morgan fingerprint density at radius 2 is 2.05 bits per heavy atom. The van der Waals surface area contributed by atoms with Gasteiger partial charge in [-0.05, 0) is 38.8 Å². The second-order valence-corrected chi connectivity index (χ2v) is 6.15. The molecule has 5 heteroatoms. The molecule has 0 aromatic carbocycles. The van der Waals surface area contributed by atoms with Gasteiger partial charge in [0.2, 0.25) is 0 Å². The summed E-state index contributed by atoms with van der Waals surface area (Å²) in [4.78, 5) is 12.5. The van der Waals surface area contributed by atoms with Crippen molar-refractivity contribution < 1.29 is 0 Å².